The summed E-state index contributed by atoms with van der Waals surface area (Å²) in [6, 6.07) is 8.32. The first-order valence-corrected chi connectivity index (χ1v) is 11.7. The zero-order valence-electron chi connectivity index (χ0n) is 17.9. The van der Waals surface area contributed by atoms with Crippen molar-refractivity contribution in [3.63, 3.8) is 0 Å². The third-order valence-corrected chi connectivity index (χ3v) is 7.23. The van der Waals surface area contributed by atoms with E-state index in [1.807, 2.05) is 13.8 Å². The Morgan fingerprint density at radius 2 is 1.93 bits per heavy atom. The van der Waals surface area contributed by atoms with Crippen molar-refractivity contribution in [3.05, 3.63) is 68.8 Å². The number of carbonyl (C=O) groups excluding carboxylic acids is 1. The lowest BCUT2D eigenvalue weighted by Gasteiger charge is -2.18. The van der Waals surface area contributed by atoms with Gasteiger partial charge >= 0.3 is 0 Å². The molecule has 0 bridgehead atoms. The van der Waals surface area contributed by atoms with E-state index in [1.165, 1.54) is 28.7 Å². The van der Waals surface area contributed by atoms with Gasteiger partial charge in [0.15, 0.2) is 5.16 Å². The largest absolute Gasteiger partial charge is 0.341 e. The van der Waals surface area contributed by atoms with Gasteiger partial charge in [-0.25, -0.2) is 4.98 Å². The van der Waals surface area contributed by atoms with E-state index in [0.29, 0.717) is 23.6 Å². The lowest BCUT2D eigenvalue weighted by molar-refractivity contribution is -0.127. The van der Waals surface area contributed by atoms with Crippen LogP contribution in [0.1, 0.15) is 28.5 Å². The molecule has 30 heavy (non-hydrogen) atoms. The summed E-state index contributed by atoms with van der Waals surface area (Å²) in [5.74, 6) is 0.222. The Morgan fingerprint density at radius 1 is 1.27 bits per heavy atom. The molecule has 0 radical (unpaired) electrons. The monoisotopic (exact) mass is 441 g/mol. The molecule has 0 aliphatic rings. The fourth-order valence-electron chi connectivity index (χ4n) is 3.19. The summed E-state index contributed by atoms with van der Waals surface area (Å²) in [6.45, 7) is 10.8. The number of aromatic nitrogens is 2. The van der Waals surface area contributed by atoms with E-state index in [2.05, 4.69) is 37.8 Å². The van der Waals surface area contributed by atoms with Crippen LogP contribution in [-0.4, -0.2) is 33.2 Å². The van der Waals surface area contributed by atoms with Gasteiger partial charge in [-0.15, -0.1) is 17.9 Å². The van der Waals surface area contributed by atoms with Crippen LogP contribution in [-0.2, 0) is 24.3 Å². The molecule has 2 aromatic heterocycles. The summed E-state index contributed by atoms with van der Waals surface area (Å²) in [6.07, 6.45) is 2.68. The lowest BCUT2D eigenvalue weighted by atomic mass is 10.1. The lowest BCUT2D eigenvalue weighted by Crippen LogP contribution is -2.28. The molecule has 0 N–H and O–H groups in total. The fourth-order valence-corrected chi connectivity index (χ4v) is 5.21. The van der Waals surface area contributed by atoms with E-state index in [1.54, 1.807) is 22.6 Å². The molecule has 0 unspecified atom stereocenters. The van der Waals surface area contributed by atoms with Crippen LogP contribution >= 0.6 is 23.1 Å². The van der Waals surface area contributed by atoms with Crippen LogP contribution in [0.3, 0.4) is 0 Å². The molecule has 2 heterocycles. The zero-order chi connectivity index (χ0) is 21.8. The predicted octanol–water partition coefficient (Wildman–Crippen LogP) is 4.57. The molecule has 0 aliphatic heterocycles. The average molecular weight is 442 g/mol. The summed E-state index contributed by atoms with van der Waals surface area (Å²) in [7, 11) is 1.80. The van der Waals surface area contributed by atoms with Crippen molar-refractivity contribution in [2.24, 2.45) is 0 Å². The highest BCUT2D eigenvalue weighted by Crippen LogP contribution is 2.28. The van der Waals surface area contributed by atoms with Gasteiger partial charge in [0.25, 0.3) is 5.56 Å². The number of allylic oxidation sites excluding steroid dienone is 1. The fraction of sp³-hybridized carbons (Fsp3) is 0.348. The molecule has 3 rings (SSSR count). The van der Waals surface area contributed by atoms with Crippen molar-refractivity contribution in [2.45, 2.75) is 45.4 Å². The van der Waals surface area contributed by atoms with Crippen molar-refractivity contribution in [3.8, 4) is 0 Å². The van der Waals surface area contributed by atoms with E-state index in [4.69, 9.17) is 4.98 Å². The number of amides is 1. The molecular weight excluding hydrogens is 414 g/mol. The van der Waals surface area contributed by atoms with Crippen LogP contribution in [0.25, 0.3) is 10.2 Å². The van der Waals surface area contributed by atoms with E-state index in [-0.39, 0.29) is 17.2 Å². The molecule has 7 heteroatoms. The Bertz CT molecular complexity index is 1130. The number of aryl methyl sites for hydroxylation is 3. The first-order chi connectivity index (χ1) is 14.3. The van der Waals surface area contributed by atoms with Crippen molar-refractivity contribution >= 4 is 39.2 Å². The van der Waals surface area contributed by atoms with Gasteiger partial charge < -0.3 is 4.90 Å². The van der Waals surface area contributed by atoms with E-state index in [9.17, 15) is 9.59 Å². The van der Waals surface area contributed by atoms with Crippen LogP contribution < -0.4 is 5.56 Å². The van der Waals surface area contributed by atoms with Gasteiger partial charge in [0, 0.05) is 25.0 Å². The normalized spacial score (nSPS) is 11.1. The number of fused-ring (bicyclic) bond motifs is 1. The maximum absolute atomic E-state index is 13.0. The Morgan fingerprint density at radius 3 is 2.57 bits per heavy atom. The number of nitrogens with zero attached hydrogens (tertiary/aromatic N) is 3. The second-order valence-corrected chi connectivity index (χ2v) is 9.42. The van der Waals surface area contributed by atoms with Crippen molar-refractivity contribution in [1.29, 1.82) is 0 Å². The SMILES string of the molecule is C=CCn1c(SCC(=O)N(C)Cc2ccc(CC)cc2)nc2sc(C)c(C)c2c1=O. The highest BCUT2D eigenvalue weighted by Gasteiger charge is 2.18. The molecule has 0 spiro atoms. The van der Waals surface area contributed by atoms with E-state index >= 15 is 0 Å². The minimum Gasteiger partial charge on any atom is -0.341 e. The second kappa shape index (κ2) is 9.62. The van der Waals surface area contributed by atoms with Gasteiger partial charge in [0.05, 0.1) is 11.1 Å². The first kappa shape index (κ1) is 22.3. The quantitative estimate of drug-likeness (QED) is 0.292. The van der Waals surface area contributed by atoms with Gasteiger partial charge in [-0.2, -0.15) is 0 Å². The molecule has 5 nitrogen and oxygen atoms in total. The van der Waals surface area contributed by atoms with Crippen LogP contribution in [0, 0.1) is 13.8 Å². The second-order valence-electron chi connectivity index (χ2n) is 7.27. The summed E-state index contributed by atoms with van der Waals surface area (Å²) in [4.78, 5) is 33.9. The summed E-state index contributed by atoms with van der Waals surface area (Å²) in [5, 5.41) is 1.23. The minimum absolute atomic E-state index is 0.00222. The number of rotatable bonds is 8. The molecular formula is C23H27N3O2S2. The highest BCUT2D eigenvalue weighted by atomic mass is 32.2. The van der Waals surface area contributed by atoms with Crippen LogP contribution in [0.5, 0.6) is 0 Å². The molecule has 0 saturated heterocycles. The maximum atomic E-state index is 13.0. The van der Waals surface area contributed by atoms with Crippen molar-refractivity contribution in [1.82, 2.24) is 14.5 Å². The molecule has 3 aromatic rings. The molecule has 1 aromatic carbocycles. The van der Waals surface area contributed by atoms with E-state index < -0.39 is 0 Å². The number of hydrogen-bond acceptors (Lipinski definition) is 5. The number of hydrogen-bond donors (Lipinski definition) is 0. The van der Waals surface area contributed by atoms with Crippen molar-refractivity contribution < 1.29 is 4.79 Å². The third kappa shape index (κ3) is 4.68. The molecule has 0 saturated carbocycles. The van der Waals surface area contributed by atoms with Crippen LogP contribution in [0.15, 0.2) is 46.9 Å². The number of thioether (sulfide) groups is 1. The van der Waals surface area contributed by atoms with Gasteiger partial charge in [-0.3, -0.25) is 14.2 Å². The summed E-state index contributed by atoms with van der Waals surface area (Å²) >= 11 is 2.82. The Hall–Kier alpha value is -2.38. The highest BCUT2D eigenvalue weighted by molar-refractivity contribution is 7.99. The Kier molecular flexibility index (Phi) is 7.15. The summed E-state index contributed by atoms with van der Waals surface area (Å²) < 4.78 is 1.61. The molecule has 0 aliphatic carbocycles. The number of benzene rings is 1. The molecule has 0 fully saturated rings. The predicted molar refractivity (Wildman–Crippen MR) is 127 cm³/mol. The van der Waals surface area contributed by atoms with Crippen LogP contribution in [0.2, 0.25) is 0 Å². The topological polar surface area (TPSA) is 55.2 Å². The summed E-state index contributed by atoms with van der Waals surface area (Å²) in [5.41, 5.74) is 3.29. The third-order valence-electron chi connectivity index (χ3n) is 5.17. The first-order valence-electron chi connectivity index (χ1n) is 9.91. The van der Waals surface area contributed by atoms with Crippen molar-refractivity contribution in [2.75, 3.05) is 12.8 Å². The van der Waals surface area contributed by atoms with Gasteiger partial charge in [-0.05, 0) is 37.0 Å². The van der Waals surface area contributed by atoms with Gasteiger partial charge in [0.1, 0.15) is 4.83 Å². The number of thiophene rings is 1. The van der Waals surface area contributed by atoms with Gasteiger partial charge in [0.2, 0.25) is 5.91 Å². The minimum atomic E-state index is -0.0685. The maximum Gasteiger partial charge on any atom is 0.263 e. The number of carbonyl (C=O) groups is 1. The van der Waals surface area contributed by atoms with Gasteiger partial charge in [-0.1, -0.05) is 49.0 Å². The molecule has 1 amide bonds. The smallest absolute Gasteiger partial charge is 0.263 e. The van der Waals surface area contributed by atoms with E-state index in [0.717, 1.165) is 27.3 Å². The zero-order valence-corrected chi connectivity index (χ0v) is 19.5. The molecule has 0 atom stereocenters. The average Bonchev–Trinajstić information content (AvgIpc) is 3.02. The Labute approximate surface area is 185 Å². The standard InChI is InChI=1S/C23H27N3O2S2/c1-6-12-26-22(28)20-15(3)16(4)30-21(20)24-23(26)29-14-19(27)25(5)13-18-10-8-17(7-2)9-11-18/h6,8-11H,1,7,12-14H2,2-5H3. The molecule has 158 valence electrons. The Balaban J connectivity index is 1.76. The van der Waals surface area contributed by atoms with Crippen LogP contribution in [0.4, 0.5) is 0 Å².